The van der Waals surface area contributed by atoms with Crippen LogP contribution in [0.3, 0.4) is 0 Å². The van der Waals surface area contributed by atoms with Gasteiger partial charge in [0.25, 0.3) is 10.0 Å². The first-order valence-electron chi connectivity index (χ1n) is 14.4. The van der Waals surface area contributed by atoms with E-state index in [0.717, 1.165) is 46.9 Å². The lowest BCUT2D eigenvalue weighted by atomic mass is 9.90. The van der Waals surface area contributed by atoms with Gasteiger partial charge in [-0.05, 0) is 93.6 Å². The van der Waals surface area contributed by atoms with E-state index in [1.165, 1.54) is 24.1 Å². The van der Waals surface area contributed by atoms with Crippen LogP contribution in [0.25, 0.3) is 22.0 Å². The lowest BCUT2D eigenvalue weighted by molar-refractivity contribution is -0.148. The Morgan fingerprint density at radius 1 is 1.05 bits per heavy atom. The van der Waals surface area contributed by atoms with Gasteiger partial charge in [-0.3, -0.25) is 9.62 Å². The number of nitrogens with one attached hydrogen (secondary N) is 2. The highest BCUT2D eigenvalue weighted by molar-refractivity contribution is 7.92. The molecule has 0 bridgehead atoms. The van der Waals surface area contributed by atoms with Gasteiger partial charge in [0.2, 0.25) is 5.95 Å². The fourth-order valence-corrected chi connectivity index (χ4v) is 7.27. The Morgan fingerprint density at radius 3 is 2.43 bits per heavy atom. The Morgan fingerprint density at radius 2 is 1.77 bits per heavy atom. The van der Waals surface area contributed by atoms with Crippen molar-refractivity contribution < 1.29 is 21.6 Å². The number of hydrogen-bond donors (Lipinski definition) is 2. The van der Waals surface area contributed by atoms with E-state index in [-0.39, 0.29) is 27.8 Å². The standard InChI is InChI=1S/C31H34ClF3N6O2S/c1-4-20-15-21(25-13-14-28(37-19(25)2)40-44(42,43)27-8-6-5-7-26(27)32)16-22-17-36-30(39-29(20)22)38-23-9-11-24(12-10-23)41(3)18-31(33,34)35/h5-8,13-17,23-24H,4,9-12,18H2,1-3H3,(H,37,40)(H,36,38,39)/t23-,24-. The van der Waals surface area contributed by atoms with Gasteiger partial charge in [0.05, 0.1) is 17.1 Å². The summed E-state index contributed by atoms with van der Waals surface area (Å²) in [6.45, 7) is 2.97. The van der Waals surface area contributed by atoms with Crippen molar-refractivity contribution in [3.8, 4) is 11.1 Å². The van der Waals surface area contributed by atoms with Crippen molar-refractivity contribution in [2.45, 2.75) is 69.1 Å². The molecule has 0 amide bonds. The summed E-state index contributed by atoms with van der Waals surface area (Å²) in [5.41, 5.74) is 4.23. The van der Waals surface area contributed by atoms with E-state index in [2.05, 4.69) is 26.1 Å². The molecule has 1 aliphatic carbocycles. The minimum Gasteiger partial charge on any atom is -0.351 e. The summed E-state index contributed by atoms with van der Waals surface area (Å²) in [5, 5.41) is 4.36. The Bertz CT molecular complexity index is 1760. The molecule has 2 aromatic carbocycles. The maximum Gasteiger partial charge on any atom is 0.401 e. The maximum atomic E-state index is 12.9. The largest absolute Gasteiger partial charge is 0.401 e. The van der Waals surface area contributed by atoms with Crippen LogP contribution in [-0.2, 0) is 16.4 Å². The molecule has 0 radical (unpaired) electrons. The third-order valence-corrected chi connectivity index (χ3v) is 9.84. The molecule has 0 saturated heterocycles. The zero-order chi connectivity index (χ0) is 31.6. The predicted octanol–water partition coefficient (Wildman–Crippen LogP) is 7.23. The Labute approximate surface area is 260 Å². The van der Waals surface area contributed by atoms with Gasteiger partial charge in [0.15, 0.2) is 0 Å². The molecule has 2 aromatic heterocycles. The van der Waals surface area contributed by atoms with Gasteiger partial charge in [-0.1, -0.05) is 30.7 Å². The van der Waals surface area contributed by atoms with Crippen LogP contribution in [0.4, 0.5) is 24.9 Å². The highest BCUT2D eigenvalue weighted by atomic mass is 35.5. The van der Waals surface area contributed by atoms with Crippen molar-refractivity contribution in [1.29, 1.82) is 0 Å². The van der Waals surface area contributed by atoms with Crippen LogP contribution in [0, 0.1) is 6.92 Å². The quantitative estimate of drug-likeness (QED) is 0.198. The highest BCUT2D eigenvalue weighted by Gasteiger charge is 2.33. The number of pyridine rings is 1. The van der Waals surface area contributed by atoms with Gasteiger partial charge >= 0.3 is 6.18 Å². The summed E-state index contributed by atoms with van der Waals surface area (Å²) in [5.74, 6) is 0.683. The molecule has 13 heteroatoms. The molecular weight excluding hydrogens is 613 g/mol. The molecule has 4 aromatic rings. The summed E-state index contributed by atoms with van der Waals surface area (Å²) in [7, 11) is -2.38. The summed E-state index contributed by atoms with van der Waals surface area (Å²) in [6.07, 6.45) is 1.13. The van der Waals surface area contributed by atoms with Crippen LogP contribution in [0.2, 0.25) is 5.02 Å². The van der Waals surface area contributed by atoms with Crippen LogP contribution < -0.4 is 10.0 Å². The monoisotopic (exact) mass is 646 g/mol. The second-order valence-corrected chi connectivity index (χ2v) is 13.2. The molecule has 1 saturated carbocycles. The second-order valence-electron chi connectivity index (χ2n) is 11.2. The van der Waals surface area contributed by atoms with E-state index in [9.17, 15) is 21.6 Å². The molecule has 0 unspecified atom stereocenters. The van der Waals surface area contributed by atoms with Gasteiger partial charge in [-0.15, -0.1) is 0 Å². The molecule has 5 rings (SSSR count). The number of fused-ring (bicyclic) bond motifs is 1. The lowest BCUT2D eigenvalue weighted by Crippen LogP contribution is -2.42. The first-order valence-corrected chi connectivity index (χ1v) is 16.3. The first kappa shape index (κ1) is 31.9. The zero-order valence-electron chi connectivity index (χ0n) is 24.6. The topological polar surface area (TPSA) is 100 Å². The molecule has 2 heterocycles. The zero-order valence-corrected chi connectivity index (χ0v) is 26.2. The molecule has 8 nitrogen and oxygen atoms in total. The van der Waals surface area contributed by atoms with Crippen LogP contribution in [0.15, 0.2) is 59.6 Å². The summed E-state index contributed by atoms with van der Waals surface area (Å²) in [4.78, 5) is 15.2. The second kappa shape index (κ2) is 12.9. The number of aromatic nitrogens is 3. The maximum absolute atomic E-state index is 12.9. The van der Waals surface area contributed by atoms with Crippen LogP contribution >= 0.6 is 11.6 Å². The molecule has 2 N–H and O–H groups in total. The van der Waals surface area contributed by atoms with Crippen molar-refractivity contribution >= 4 is 44.3 Å². The minimum absolute atomic E-state index is 0.0256. The lowest BCUT2D eigenvalue weighted by Gasteiger charge is -2.35. The number of aryl methyl sites for hydroxylation is 2. The summed E-state index contributed by atoms with van der Waals surface area (Å²) < 4.78 is 66.6. The van der Waals surface area contributed by atoms with Crippen LogP contribution in [-0.4, -0.2) is 60.1 Å². The highest BCUT2D eigenvalue weighted by Crippen LogP contribution is 2.32. The summed E-state index contributed by atoms with van der Waals surface area (Å²) in [6, 6.07) is 13.7. The van der Waals surface area contributed by atoms with Gasteiger partial charge in [-0.2, -0.15) is 13.2 Å². The average molecular weight is 647 g/mol. The van der Waals surface area contributed by atoms with Crippen LogP contribution in [0.5, 0.6) is 0 Å². The SMILES string of the molecule is CCc1cc(-c2ccc(NS(=O)(=O)c3ccccc3Cl)nc2C)cc2cnc(N[C@H]3CC[C@H](N(C)CC(F)(F)F)CC3)nc12. The van der Waals surface area contributed by atoms with Gasteiger partial charge in [0.1, 0.15) is 10.7 Å². The van der Waals surface area contributed by atoms with E-state index in [4.69, 9.17) is 16.6 Å². The van der Waals surface area contributed by atoms with Gasteiger partial charge in [0, 0.05) is 34.9 Å². The van der Waals surface area contributed by atoms with E-state index in [1.54, 1.807) is 24.4 Å². The third kappa shape index (κ3) is 7.41. The number of benzene rings is 2. The van der Waals surface area contributed by atoms with E-state index >= 15 is 0 Å². The molecular formula is C31H34ClF3N6O2S. The van der Waals surface area contributed by atoms with E-state index < -0.39 is 22.7 Å². The van der Waals surface area contributed by atoms with Crippen molar-refractivity contribution in [2.75, 3.05) is 23.6 Å². The fourth-order valence-electron chi connectivity index (χ4n) is 5.75. The minimum atomic E-state index is -4.20. The number of rotatable bonds is 9. The number of sulfonamides is 1. The molecule has 0 aliphatic heterocycles. The van der Waals surface area contributed by atoms with E-state index in [1.807, 2.05) is 26.0 Å². The van der Waals surface area contributed by atoms with Crippen LogP contribution in [0.1, 0.15) is 43.9 Å². The number of alkyl halides is 3. The normalized spacial score (nSPS) is 17.6. The molecule has 0 spiro atoms. The third-order valence-electron chi connectivity index (χ3n) is 7.99. The smallest absolute Gasteiger partial charge is 0.351 e. The number of halogens is 4. The Hall–Kier alpha value is -3.48. The van der Waals surface area contributed by atoms with E-state index in [0.29, 0.717) is 24.5 Å². The first-order chi connectivity index (χ1) is 20.8. The van der Waals surface area contributed by atoms with Crippen molar-refractivity contribution in [2.24, 2.45) is 0 Å². The fraction of sp³-hybridized carbons (Fsp3) is 0.387. The average Bonchev–Trinajstić information content (AvgIpc) is 2.96. The molecule has 44 heavy (non-hydrogen) atoms. The molecule has 234 valence electrons. The Balaban J connectivity index is 1.31. The van der Waals surface area contributed by atoms with Crippen molar-refractivity contribution in [3.05, 3.63) is 71.0 Å². The predicted molar refractivity (Wildman–Crippen MR) is 167 cm³/mol. The molecule has 1 aliphatic rings. The Kier molecular flexibility index (Phi) is 9.33. The van der Waals surface area contributed by atoms with Gasteiger partial charge < -0.3 is 5.32 Å². The molecule has 0 atom stereocenters. The van der Waals surface area contributed by atoms with Gasteiger partial charge in [-0.25, -0.2) is 23.4 Å². The number of hydrogen-bond acceptors (Lipinski definition) is 7. The number of anilines is 2. The summed E-state index contributed by atoms with van der Waals surface area (Å²) >= 11 is 6.09. The van der Waals surface area contributed by atoms with Crippen molar-refractivity contribution in [3.63, 3.8) is 0 Å². The molecule has 1 fully saturated rings. The van der Waals surface area contributed by atoms with Crippen molar-refractivity contribution in [1.82, 2.24) is 19.9 Å². The number of nitrogens with zero attached hydrogens (tertiary/aromatic N) is 4.